The lowest BCUT2D eigenvalue weighted by Gasteiger charge is -2.48. The number of rotatable bonds is 5. The zero-order valence-electron chi connectivity index (χ0n) is 19.1. The van der Waals surface area contributed by atoms with Crippen molar-refractivity contribution in [2.24, 2.45) is 11.8 Å². The number of nitrogens with zero attached hydrogens (tertiary/aromatic N) is 2. The molecular formula is C24H32N4O4. The number of ether oxygens (including phenoxy) is 1. The van der Waals surface area contributed by atoms with Crippen LogP contribution in [0.5, 0.6) is 11.5 Å². The average molecular weight is 441 g/mol. The molecule has 3 N–H and O–H groups in total. The Balaban J connectivity index is 1.51. The first-order chi connectivity index (χ1) is 15.2. The van der Waals surface area contributed by atoms with E-state index in [1.54, 1.807) is 23.0 Å². The van der Waals surface area contributed by atoms with Crippen LogP contribution in [-0.4, -0.2) is 38.8 Å². The summed E-state index contributed by atoms with van der Waals surface area (Å²) in [6.07, 6.45) is 4.77. The molecule has 0 radical (unpaired) electrons. The first-order valence-electron chi connectivity index (χ1n) is 11.3. The summed E-state index contributed by atoms with van der Waals surface area (Å²) in [7, 11) is 0. The van der Waals surface area contributed by atoms with Crippen LogP contribution >= 0.6 is 0 Å². The normalized spacial score (nSPS) is 23.4. The number of phenolic OH excluding ortho intramolecular Hbond substituents is 1. The minimum Gasteiger partial charge on any atom is -0.507 e. The van der Waals surface area contributed by atoms with E-state index in [0.717, 1.165) is 24.8 Å². The number of hydrogen-bond donors (Lipinski definition) is 3. The number of amides is 2. The number of hydrogen-bond acceptors (Lipinski definition) is 5. The zero-order chi connectivity index (χ0) is 23.0. The molecule has 1 saturated carbocycles. The lowest BCUT2D eigenvalue weighted by atomic mass is 9.64. The Morgan fingerprint density at radius 1 is 1.28 bits per heavy atom. The van der Waals surface area contributed by atoms with E-state index in [4.69, 9.17) is 4.74 Å². The van der Waals surface area contributed by atoms with Gasteiger partial charge in [0.2, 0.25) is 5.91 Å². The molecule has 1 fully saturated rings. The zero-order valence-corrected chi connectivity index (χ0v) is 19.1. The summed E-state index contributed by atoms with van der Waals surface area (Å²) in [4.78, 5) is 24.2. The van der Waals surface area contributed by atoms with Crippen LogP contribution in [-0.2, 0) is 11.3 Å². The van der Waals surface area contributed by atoms with Gasteiger partial charge in [-0.2, -0.15) is 5.10 Å². The Morgan fingerprint density at radius 2 is 2.06 bits per heavy atom. The molecule has 172 valence electrons. The van der Waals surface area contributed by atoms with Gasteiger partial charge in [-0.15, -0.1) is 0 Å². The summed E-state index contributed by atoms with van der Waals surface area (Å²) in [5.74, 6) is 1.80. The molecule has 1 aliphatic carbocycles. The maximum absolute atomic E-state index is 12.9. The molecule has 32 heavy (non-hydrogen) atoms. The topological polar surface area (TPSA) is 105 Å². The number of fused-ring (bicyclic) bond motifs is 3. The highest BCUT2D eigenvalue weighted by Crippen LogP contribution is 2.55. The highest BCUT2D eigenvalue weighted by atomic mass is 16.5. The number of nitrogens with one attached hydrogen (secondary N) is 2. The smallest absolute Gasteiger partial charge is 0.255 e. The van der Waals surface area contributed by atoms with Crippen LogP contribution in [0.3, 0.4) is 0 Å². The lowest BCUT2D eigenvalue weighted by molar-refractivity contribution is -0.114. The van der Waals surface area contributed by atoms with Crippen molar-refractivity contribution < 1.29 is 19.4 Å². The van der Waals surface area contributed by atoms with Gasteiger partial charge in [0.15, 0.2) is 0 Å². The second kappa shape index (κ2) is 8.48. The number of phenols is 1. The van der Waals surface area contributed by atoms with Gasteiger partial charge in [0.1, 0.15) is 22.9 Å². The van der Waals surface area contributed by atoms with E-state index < -0.39 is 0 Å². The first kappa shape index (κ1) is 22.2. The van der Waals surface area contributed by atoms with Gasteiger partial charge < -0.3 is 20.5 Å². The molecule has 3 atom stereocenters. The Morgan fingerprint density at radius 3 is 2.81 bits per heavy atom. The van der Waals surface area contributed by atoms with Gasteiger partial charge in [0.25, 0.3) is 5.91 Å². The van der Waals surface area contributed by atoms with Crippen LogP contribution < -0.4 is 15.4 Å². The maximum atomic E-state index is 12.9. The van der Waals surface area contributed by atoms with E-state index in [2.05, 4.69) is 36.5 Å². The molecule has 2 heterocycles. The first-order valence-corrected chi connectivity index (χ1v) is 11.3. The molecule has 0 saturated heterocycles. The van der Waals surface area contributed by atoms with E-state index in [9.17, 15) is 14.7 Å². The Bertz CT molecular complexity index is 1030. The third kappa shape index (κ3) is 4.18. The molecule has 0 unspecified atom stereocenters. The van der Waals surface area contributed by atoms with Crippen LogP contribution in [0.15, 0.2) is 24.4 Å². The van der Waals surface area contributed by atoms with Gasteiger partial charge in [0.05, 0.1) is 18.3 Å². The molecule has 8 heteroatoms. The SMILES string of the molecule is CC(=O)Nc1ccnn1CCNC(=O)c1ccc2c(c1O)[C@@H]1C[C@H](C)CC[C@H]1C(C)(C)O2. The number of aromatic nitrogens is 2. The number of carbonyl (C=O) groups excluding carboxylic acids is 2. The lowest BCUT2D eigenvalue weighted by Crippen LogP contribution is -2.46. The maximum Gasteiger partial charge on any atom is 0.255 e. The van der Waals surface area contributed by atoms with Gasteiger partial charge in [-0.05, 0) is 50.7 Å². The van der Waals surface area contributed by atoms with Gasteiger partial charge in [0, 0.05) is 31.0 Å². The monoisotopic (exact) mass is 440 g/mol. The van der Waals surface area contributed by atoms with Gasteiger partial charge in [-0.25, -0.2) is 4.68 Å². The van der Waals surface area contributed by atoms with Crippen LogP contribution in [0.4, 0.5) is 5.82 Å². The van der Waals surface area contributed by atoms with E-state index in [1.807, 2.05) is 6.07 Å². The van der Waals surface area contributed by atoms with Crippen molar-refractivity contribution in [1.29, 1.82) is 0 Å². The van der Waals surface area contributed by atoms with E-state index in [-0.39, 0.29) is 34.6 Å². The third-order valence-corrected chi connectivity index (χ3v) is 6.80. The summed E-state index contributed by atoms with van der Waals surface area (Å²) in [6.45, 7) is 8.60. The molecule has 2 amide bonds. The summed E-state index contributed by atoms with van der Waals surface area (Å²) < 4.78 is 7.89. The van der Waals surface area contributed by atoms with Crippen LogP contribution in [0, 0.1) is 11.8 Å². The molecule has 0 bridgehead atoms. The fourth-order valence-corrected chi connectivity index (χ4v) is 5.28. The molecule has 1 aromatic heterocycles. The van der Waals surface area contributed by atoms with Crippen molar-refractivity contribution in [1.82, 2.24) is 15.1 Å². The van der Waals surface area contributed by atoms with Crippen molar-refractivity contribution in [2.45, 2.75) is 65.0 Å². The number of aromatic hydroxyl groups is 1. The van der Waals surface area contributed by atoms with E-state index >= 15 is 0 Å². The summed E-state index contributed by atoms with van der Waals surface area (Å²) in [5.41, 5.74) is 0.726. The summed E-state index contributed by atoms with van der Waals surface area (Å²) >= 11 is 0. The number of carbonyl (C=O) groups is 2. The van der Waals surface area contributed by atoms with Crippen molar-refractivity contribution in [2.75, 3.05) is 11.9 Å². The highest BCUT2D eigenvalue weighted by molar-refractivity contribution is 5.97. The molecule has 2 aliphatic rings. The average Bonchev–Trinajstić information content (AvgIpc) is 3.13. The van der Waals surface area contributed by atoms with Gasteiger partial charge >= 0.3 is 0 Å². The largest absolute Gasteiger partial charge is 0.507 e. The molecule has 1 aliphatic heterocycles. The Labute approximate surface area is 188 Å². The van der Waals surface area contributed by atoms with Crippen molar-refractivity contribution >= 4 is 17.6 Å². The molecule has 1 aromatic carbocycles. The summed E-state index contributed by atoms with van der Waals surface area (Å²) in [5, 5.41) is 20.8. The second-order valence-electron chi connectivity index (χ2n) is 9.59. The summed E-state index contributed by atoms with van der Waals surface area (Å²) in [6, 6.07) is 5.13. The van der Waals surface area contributed by atoms with Crippen molar-refractivity contribution in [3.8, 4) is 11.5 Å². The molecule has 0 spiro atoms. The van der Waals surface area contributed by atoms with Gasteiger partial charge in [-0.1, -0.05) is 13.3 Å². The van der Waals surface area contributed by atoms with E-state index in [0.29, 0.717) is 36.5 Å². The predicted octanol–water partition coefficient (Wildman–Crippen LogP) is 3.67. The molecule has 2 aromatic rings. The molecule has 4 rings (SSSR count). The van der Waals surface area contributed by atoms with Crippen LogP contribution in [0.1, 0.15) is 68.8 Å². The number of benzene rings is 1. The molecular weight excluding hydrogens is 408 g/mol. The fourth-order valence-electron chi connectivity index (χ4n) is 5.28. The number of anilines is 1. The van der Waals surface area contributed by atoms with E-state index in [1.165, 1.54) is 6.92 Å². The standard InChI is InChI=1S/C24H32N4O4/c1-14-5-7-18-17(13-14)21-19(32-24(18,3)4)8-6-16(22(21)30)23(31)25-11-12-28-20(9-10-26-28)27-15(2)29/h6,8-10,14,17-18,30H,5,7,11-13H2,1-4H3,(H,25,31)(H,27,29)/t14-,17-,18-/m1/s1. The minimum atomic E-state index is -0.344. The Kier molecular flexibility index (Phi) is 5.88. The second-order valence-corrected chi connectivity index (χ2v) is 9.59. The van der Waals surface area contributed by atoms with Crippen molar-refractivity contribution in [3.05, 3.63) is 35.5 Å². The highest BCUT2D eigenvalue weighted by Gasteiger charge is 2.47. The minimum absolute atomic E-state index is 0.0256. The van der Waals surface area contributed by atoms with Crippen LogP contribution in [0.25, 0.3) is 0 Å². The fraction of sp³-hybridized carbons (Fsp3) is 0.542. The Hall–Kier alpha value is -3.03. The molecule has 8 nitrogen and oxygen atoms in total. The third-order valence-electron chi connectivity index (χ3n) is 6.80. The van der Waals surface area contributed by atoms with Gasteiger partial charge in [-0.3, -0.25) is 9.59 Å². The quantitative estimate of drug-likeness (QED) is 0.658. The predicted molar refractivity (Wildman–Crippen MR) is 121 cm³/mol. The van der Waals surface area contributed by atoms with Crippen LogP contribution in [0.2, 0.25) is 0 Å². The van der Waals surface area contributed by atoms with Crippen molar-refractivity contribution in [3.63, 3.8) is 0 Å².